The van der Waals surface area contributed by atoms with Gasteiger partial charge >= 0.3 is 5.97 Å². The Morgan fingerprint density at radius 2 is 1.91 bits per heavy atom. The molecule has 3 aromatic carbocycles. The minimum absolute atomic E-state index is 0.0142. The normalized spacial score (nSPS) is 25.6. The quantitative estimate of drug-likeness (QED) is 0.289. The number of fused-ring (bicyclic) bond motifs is 3. The van der Waals surface area contributed by atoms with Crippen LogP contribution < -0.4 is 14.4 Å². The summed E-state index contributed by atoms with van der Waals surface area (Å²) >= 11 is 5.99. The van der Waals surface area contributed by atoms with Crippen molar-refractivity contribution in [2.24, 2.45) is 0 Å². The number of carbonyl (C=O) groups is 1. The van der Waals surface area contributed by atoms with Gasteiger partial charge in [-0.3, -0.25) is 4.90 Å². The summed E-state index contributed by atoms with van der Waals surface area (Å²) in [5.74, 6) is -2.06. The second-order valence-electron chi connectivity index (χ2n) is 12.3. The lowest BCUT2D eigenvalue weighted by atomic mass is 10.0. The first-order chi connectivity index (χ1) is 22.2. The van der Waals surface area contributed by atoms with Crippen LogP contribution in [0.4, 0.5) is 14.5 Å². The van der Waals surface area contributed by atoms with E-state index in [0.29, 0.717) is 68.8 Å². The summed E-state index contributed by atoms with van der Waals surface area (Å²) < 4.78 is 56.3. The number of benzene rings is 3. The van der Waals surface area contributed by atoms with Gasteiger partial charge in [-0.15, -0.1) is 0 Å². The van der Waals surface area contributed by atoms with Gasteiger partial charge in [-0.2, -0.15) is 0 Å². The number of hydrogen-bond donors (Lipinski definition) is 1. The predicted molar refractivity (Wildman–Crippen MR) is 164 cm³/mol. The van der Waals surface area contributed by atoms with Gasteiger partial charge in [-0.25, -0.2) is 18.6 Å². The lowest BCUT2D eigenvalue weighted by Gasteiger charge is -2.44. The number of ether oxygens (including phenoxy) is 4. The van der Waals surface area contributed by atoms with E-state index >= 15 is 4.39 Å². The van der Waals surface area contributed by atoms with E-state index in [1.165, 1.54) is 12.1 Å². The third-order valence-electron chi connectivity index (χ3n) is 9.47. The van der Waals surface area contributed by atoms with E-state index < -0.39 is 23.4 Å². The summed E-state index contributed by atoms with van der Waals surface area (Å²) in [6.45, 7) is 5.47. The molecular weight excluding hydrogens is 622 g/mol. The van der Waals surface area contributed by atoms with Crippen molar-refractivity contribution >= 4 is 34.3 Å². The third-order valence-corrected chi connectivity index (χ3v) is 9.70. The molecule has 8 rings (SSSR count). The van der Waals surface area contributed by atoms with Crippen LogP contribution in [0.1, 0.15) is 35.1 Å². The third kappa shape index (κ3) is 4.86. The van der Waals surface area contributed by atoms with E-state index in [2.05, 4.69) is 14.8 Å². The van der Waals surface area contributed by atoms with Crippen molar-refractivity contribution in [3.8, 4) is 11.5 Å². The molecule has 240 valence electrons. The summed E-state index contributed by atoms with van der Waals surface area (Å²) in [5, 5.41) is 9.85. The molecule has 4 aliphatic rings. The number of para-hydroxylation sites is 1. The number of imidazole rings is 1. The van der Waals surface area contributed by atoms with Crippen LogP contribution in [0, 0.1) is 11.6 Å². The molecule has 0 amide bonds. The standard InChI is InChI=1S/C33H31ClF2N4O6/c1-33(21-6-5-19(34)13-22(21)35)45-28-4-2-3-24(31(28)46-33)39-9-8-38(26-16-43-17-27(26)39)15-29-37-30-23(36)11-18(32(41)42)12-25(30)40(29)14-20-7-10-44-20/h2-6,11-13,20,26-27H,7-10,14-17H2,1H3,(H,41,42)/t20-,26-,27+,33-/m0/s1. The molecule has 3 saturated heterocycles. The minimum atomic E-state index is -1.38. The maximum Gasteiger partial charge on any atom is 0.335 e. The van der Waals surface area contributed by atoms with Crippen LogP contribution in [0.25, 0.3) is 11.0 Å². The van der Waals surface area contributed by atoms with Crippen LogP contribution >= 0.6 is 11.6 Å². The molecule has 4 aliphatic heterocycles. The first-order valence-electron chi connectivity index (χ1n) is 15.3. The zero-order valence-corrected chi connectivity index (χ0v) is 25.7. The minimum Gasteiger partial charge on any atom is -0.478 e. The monoisotopic (exact) mass is 652 g/mol. The van der Waals surface area contributed by atoms with Gasteiger partial charge in [-0.1, -0.05) is 17.7 Å². The zero-order valence-electron chi connectivity index (χ0n) is 24.9. The van der Waals surface area contributed by atoms with Crippen molar-refractivity contribution in [1.82, 2.24) is 14.5 Å². The van der Waals surface area contributed by atoms with Crippen molar-refractivity contribution < 1.29 is 37.6 Å². The Hall–Kier alpha value is -3.97. The molecule has 1 N–H and O–H groups in total. The molecule has 1 aromatic heterocycles. The van der Waals surface area contributed by atoms with Crippen molar-refractivity contribution in [1.29, 1.82) is 0 Å². The summed E-state index contributed by atoms with van der Waals surface area (Å²) in [6.07, 6.45) is 0.829. The molecular formula is C33H31ClF2N4O6. The first-order valence-corrected chi connectivity index (χ1v) is 15.6. The highest BCUT2D eigenvalue weighted by Gasteiger charge is 2.46. The van der Waals surface area contributed by atoms with Crippen molar-refractivity contribution in [3.63, 3.8) is 0 Å². The van der Waals surface area contributed by atoms with Gasteiger partial charge in [0.05, 0.1) is 66.8 Å². The van der Waals surface area contributed by atoms with E-state index in [-0.39, 0.29) is 39.9 Å². The van der Waals surface area contributed by atoms with Gasteiger partial charge in [-0.05, 0) is 48.9 Å². The number of piperazine rings is 1. The molecule has 0 saturated carbocycles. The number of nitrogens with zero attached hydrogens (tertiary/aromatic N) is 4. The van der Waals surface area contributed by atoms with E-state index in [1.54, 1.807) is 19.1 Å². The average molecular weight is 653 g/mol. The lowest BCUT2D eigenvalue weighted by molar-refractivity contribution is -0.0705. The molecule has 10 nitrogen and oxygen atoms in total. The molecule has 4 atom stereocenters. The summed E-state index contributed by atoms with van der Waals surface area (Å²) in [5.41, 5.74) is 1.54. The highest BCUT2D eigenvalue weighted by Crippen LogP contribution is 2.51. The average Bonchev–Trinajstić information content (AvgIpc) is 3.71. The van der Waals surface area contributed by atoms with E-state index in [1.807, 2.05) is 22.8 Å². The number of rotatable bonds is 7. The molecule has 0 unspecified atom stereocenters. The summed E-state index contributed by atoms with van der Waals surface area (Å²) in [6, 6.07) is 12.5. The van der Waals surface area contributed by atoms with Gasteiger partial charge in [0.2, 0.25) is 0 Å². The Balaban J connectivity index is 1.08. The van der Waals surface area contributed by atoms with Crippen LogP contribution in [-0.4, -0.2) is 76.6 Å². The molecule has 0 radical (unpaired) electrons. The van der Waals surface area contributed by atoms with Crippen LogP contribution in [-0.2, 0) is 28.4 Å². The molecule has 3 fully saturated rings. The van der Waals surface area contributed by atoms with Gasteiger partial charge in [0, 0.05) is 31.6 Å². The SMILES string of the molecule is C[C@]1(c2ccc(Cl)cc2F)Oc2cccc(N3CCN(Cc4nc5c(F)cc(C(=O)O)cc5n4C[C@@H]4CCO4)[C@H]4COC[C@H]43)c2O1. The highest BCUT2D eigenvalue weighted by atomic mass is 35.5. The van der Waals surface area contributed by atoms with Gasteiger partial charge in [0.15, 0.2) is 17.3 Å². The second kappa shape index (κ2) is 11.1. The number of aromatic carboxylic acids is 1. The smallest absolute Gasteiger partial charge is 0.335 e. The number of carboxylic acids is 1. The van der Waals surface area contributed by atoms with Crippen molar-refractivity contribution in [2.75, 3.05) is 37.8 Å². The molecule has 0 spiro atoms. The Morgan fingerprint density at radius 3 is 2.67 bits per heavy atom. The number of anilines is 1. The topological polar surface area (TPSA) is 98.5 Å². The van der Waals surface area contributed by atoms with Crippen molar-refractivity contribution in [2.45, 2.75) is 50.4 Å². The maximum atomic E-state index is 15.1. The fourth-order valence-corrected chi connectivity index (χ4v) is 7.20. The van der Waals surface area contributed by atoms with E-state index in [4.69, 9.17) is 30.5 Å². The van der Waals surface area contributed by atoms with E-state index in [9.17, 15) is 14.3 Å². The largest absolute Gasteiger partial charge is 0.478 e. The second-order valence-corrected chi connectivity index (χ2v) is 12.7. The van der Waals surface area contributed by atoms with Crippen LogP contribution in [0.3, 0.4) is 0 Å². The molecule has 46 heavy (non-hydrogen) atoms. The molecule has 0 aliphatic carbocycles. The first kappa shape index (κ1) is 29.4. The molecule has 4 aromatic rings. The Morgan fingerprint density at radius 1 is 1.09 bits per heavy atom. The Labute approximate surface area is 268 Å². The Kier molecular flexibility index (Phi) is 7.09. The van der Waals surface area contributed by atoms with Gasteiger partial charge in [0.1, 0.15) is 17.2 Å². The molecule has 13 heteroatoms. The fourth-order valence-electron chi connectivity index (χ4n) is 7.04. The maximum absolute atomic E-state index is 15.1. The number of carboxylic acid groups (broad SMARTS) is 1. The summed E-state index contributed by atoms with van der Waals surface area (Å²) in [4.78, 5) is 20.9. The number of hydrogen-bond acceptors (Lipinski definition) is 8. The highest BCUT2D eigenvalue weighted by molar-refractivity contribution is 6.30. The lowest BCUT2D eigenvalue weighted by Crippen LogP contribution is -2.59. The predicted octanol–water partition coefficient (Wildman–Crippen LogP) is 5.19. The fraction of sp³-hybridized carbons (Fsp3) is 0.394. The van der Waals surface area contributed by atoms with Gasteiger partial charge < -0.3 is 33.5 Å². The van der Waals surface area contributed by atoms with Crippen LogP contribution in [0.15, 0.2) is 48.5 Å². The van der Waals surface area contributed by atoms with Crippen LogP contribution in [0.2, 0.25) is 5.02 Å². The number of aromatic nitrogens is 2. The molecule has 0 bridgehead atoms. The van der Waals surface area contributed by atoms with E-state index in [0.717, 1.165) is 18.2 Å². The van der Waals surface area contributed by atoms with Gasteiger partial charge in [0.25, 0.3) is 5.79 Å². The number of halogens is 3. The van der Waals surface area contributed by atoms with Crippen molar-refractivity contribution in [3.05, 3.63) is 82.1 Å². The summed E-state index contributed by atoms with van der Waals surface area (Å²) in [7, 11) is 0. The van der Waals surface area contributed by atoms with Crippen LogP contribution in [0.5, 0.6) is 11.5 Å². The Bertz CT molecular complexity index is 1870. The zero-order chi connectivity index (χ0) is 31.7. The molecule has 5 heterocycles.